The number of thiophene rings is 1. The Morgan fingerprint density at radius 3 is 2.65 bits per heavy atom. The van der Waals surface area contributed by atoms with Crippen LogP contribution in [-0.2, 0) is 17.9 Å². The Bertz CT molecular complexity index is 1130. The number of aromatic nitrogens is 2. The molecule has 1 N–H and O–H groups in total. The second-order valence-electron chi connectivity index (χ2n) is 8.20. The molecule has 1 aliphatic rings. The van der Waals surface area contributed by atoms with E-state index in [-0.39, 0.29) is 23.9 Å². The zero-order valence-electron chi connectivity index (χ0n) is 17.9. The highest BCUT2D eigenvalue weighted by Gasteiger charge is 2.21. The Morgan fingerprint density at radius 1 is 1.23 bits per heavy atom. The average molecular weight is 459 g/mol. The molecule has 0 aliphatic carbocycles. The van der Waals surface area contributed by atoms with E-state index in [1.54, 1.807) is 10.9 Å². The number of carbonyl (C=O) groups is 1. The molecule has 4 rings (SSSR count). The van der Waals surface area contributed by atoms with Gasteiger partial charge in [0, 0.05) is 48.5 Å². The zero-order valence-corrected chi connectivity index (χ0v) is 19.4. The lowest BCUT2D eigenvalue weighted by Crippen LogP contribution is -2.44. The summed E-state index contributed by atoms with van der Waals surface area (Å²) in [6.45, 7) is 7.09. The minimum Gasteiger partial charge on any atom is -0.353 e. The van der Waals surface area contributed by atoms with Crippen molar-refractivity contribution in [2.75, 3.05) is 13.1 Å². The summed E-state index contributed by atoms with van der Waals surface area (Å²) in [6, 6.07) is 8.15. The second kappa shape index (κ2) is 9.51. The van der Waals surface area contributed by atoms with Gasteiger partial charge in [0.25, 0.3) is 5.56 Å². The molecular formula is C23H27ClN4O2S. The Labute approximate surface area is 190 Å². The van der Waals surface area contributed by atoms with Gasteiger partial charge in [-0.1, -0.05) is 23.7 Å². The molecule has 0 atom stereocenters. The van der Waals surface area contributed by atoms with Crippen molar-refractivity contribution < 1.29 is 4.79 Å². The number of benzene rings is 1. The number of rotatable bonds is 6. The van der Waals surface area contributed by atoms with E-state index in [1.165, 1.54) is 16.9 Å². The van der Waals surface area contributed by atoms with Gasteiger partial charge in [-0.2, -0.15) is 0 Å². The zero-order chi connectivity index (χ0) is 22.0. The highest BCUT2D eigenvalue weighted by Crippen LogP contribution is 2.25. The minimum atomic E-state index is -0.0600. The smallest absolute Gasteiger partial charge is 0.262 e. The van der Waals surface area contributed by atoms with Crippen LogP contribution in [0.4, 0.5) is 0 Å². The maximum absolute atomic E-state index is 12.8. The molecule has 31 heavy (non-hydrogen) atoms. The Balaban J connectivity index is 1.26. The van der Waals surface area contributed by atoms with Gasteiger partial charge in [0.2, 0.25) is 5.91 Å². The van der Waals surface area contributed by atoms with Crippen LogP contribution >= 0.6 is 22.9 Å². The summed E-state index contributed by atoms with van der Waals surface area (Å²) in [5.74, 6) is -0.0126. The summed E-state index contributed by atoms with van der Waals surface area (Å²) >= 11 is 7.49. The van der Waals surface area contributed by atoms with Crippen molar-refractivity contribution in [2.45, 2.75) is 52.2 Å². The topological polar surface area (TPSA) is 67.2 Å². The maximum Gasteiger partial charge on any atom is 0.262 e. The molecule has 1 amide bonds. The third kappa shape index (κ3) is 5.17. The fourth-order valence-corrected chi connectivity index (χ4v) is 5.15. The summed E-state index contributed by atoms with van der Waals surface area (Å²) in [4.78, 5) is 33.9. The van der Waals surface area contributed by atoms with Crippen LogP contribution in [0, 0.1) is 13.8 Å². The number of piperidine rings is 1. The number of amides is 1. The Kier molecular flexibility index (Phi) is 6.74. The van der Waals surface area contributed by atoms with Crippen LogP contribution in [-0.4, -0.2) is 39.5 Å². The van der Waals surface area contributed by atoms with Crippen molar-refractivity contribution in [1.82, 2.24) is 19.8 Å². The Morgan fingerprint density at radius 2 is 1.94 bits per heavy atom. The minimum absolute atomic E-state index is 0.0126. The number of halogens is 1. The van der Waals surface area contributed by atoms with Gasteiger partial charge in [-0.3, -0.25) is 19.1 Å². The summed E-state index contributed by atoms with van der Waals surface area (Å²) in [7, 11) is 0. The van der Waals surface area contributed by atoms with Gasteiger partial charge < -0.3 is 5.32 Å². The molecule has 0 bridgehead atoms. The number of fused-ring (bicyclic) bond motifs is 1. The molecule has 0 spiro atoms. The van der Waals surface area contributed by atoms with Crippen LogP contribution in [0.15, 0.2) is 35.4 Å². The van der Waals surface area contributed by atoms with Crippen LogP contribution in [0.1, 0.15) is 35.3 Å². The van der Waals surface area contributed by atoms with Gasteiger partial charge in [0.05, 0.1) is 11.7 Å². The van der Waals surface area contributed by atoms with Gasteiger partial charge >= 0.3 is 0 Å². The predicted octanol–water partition coefficient (Wildman–Crippen LogP) is 3.90. The number of nitrogens with zero attached hydrogens (tertiary/aromatic N) is 3. The van der Waals surface area contributed by atoms with Gasteiger partial charge in [0.1, 0.15) is 4.83 Å². The number of likely N-dealkylation sites (tertiary alicyclic amines) is 1. The fraction of sp³-hybridized carbons (Fsp3) is 0.435. The standard InChI is InChI=1S/C23H27ClN4O2S/c1-15-16(2)31-22-21(15)23(30)28(14-25-22)12-9-20(29)26-19-7-10-27(11-8-19)13-17-3-5-18(24)6-4-17/h3-6,14,19H,7-13H2,1-2H3,(H,26,29). The van der Waals surface area contributed by atoms with E-state index in [9.17, 15) is 9.59 Å². The van der Waals surface area contributed by atoms with Crippen LogP contribution in [0.5, 0.6) is 0 Å². The molecule has 1 aromatic carbocycles. The first-order valence-electron chi connectivity index (χ1n) is 10.6. The van der Waals surface area contributed by atoms with Gasteiger partial charge in [0.15, 0.2) is 0 Å². The predicted molar refractivity (Wildman–Crippen MR) is 126 cm³/mol. The highest BCUT2D eigenvalue weighted by atomic mass is 35.5. The van der Waals surface area contributed by atoms with Crippen molar-refractivity contribution in [2.24, 2.45) is 0 Å². The number of hydrogen-bond acceptors (Lipinski definition) is 5. The quantitative estimate of drug-likeness (QED) is 0.608. The lowest BCUT2D eigenvalue weighted by atomic mass is 10.0. The van der Waals surface area contributed by atoms with E-state index in [0.29, 0.717) is 11.9 Å². The first kappa shape index (κ1) is 22.0. The van der Waals surface area contributed by atoms with Crippen LogP contribution < -0.4 is 10.9 Å². The van der Waals surface area contributed by atoms with Crippen molar-refractivity contribution in [1.29, 1.82) is 0 Å². The molecule has 1 aliphatic heterocycles. The molecule has 8 heteroatoms. The fourth-order valence-electron chi connectivity index (χ4n) is 4.03. The summed E-state index contributed by atoms with van der Waals surface area (Å²) < 4.78 is 1.55. The number of nitrogens with one attached hydrogen (secondary N) is 1. The maximum atomic E-state index is 12.8. The molecule has 1 fully saturated rings. The number of hydrogen-bond donors (Lipinski definition) is 1. The van der Waals surface area contributed by atoms with Crippen molar-refractivity contribution in [3.63, 3.8) is 0 Å². The van der Waals surface area contributed by atoms with E-state index >= 15 is 0 Å². The van der Waals surface area contributed by atoms with Crippen LogP contribution in [0.3, 0.4) is 0 Å². The molecule has 164 valence electrons. The van der Waals surface area contributed by atoms with Gasteiger partial charge in [-0.05, 0) is 49.9 Å². The molecule has 0 unspecified atom stereocenters. The molecule has 0 saturated carbocycles. The highest BCUT2D eigenvalue weighted by molar-refractivity contribution is 7.18. The molecule has 1 saturated heterocycles. The summed E-state index contributed by atoms with van der Waals surface area (Å²) in [5.41, 5.74) is 2.18. The van der Waals surface area contributed by atoms with Crippen LogP contribution in [0.2, 0.25) is 5.02 Å². The molecule has 0 radical (unpaired) electrons. The monoisotopic (exact) mass is 458 g/mol. The van der Waals surface area contributed by atoms with Crippen molar-refractivity contribution in [3.05, 3.63) is 62.0 Å². The van der Waals surface area contributed by atoms with Crippen molar-refractivity contribution >= 4 is 39.1 Å². The van der Waals surface area contributed by atoms with E-state index in [4.69, 9.17) is 11.6 Å². The largest absolute Gasteiger partial charge is 0.353 e. The molecular weight excluding hydrogens is 432 g/mol. The van der Waals surface area contributed by atoms with E-state index in [1.807, 2.05) is 26.0 Å². The first-order valence-corrected chi connectivity index (χ1v) is 11.8. The van der Waals surface area contributed by atoms with E-state index < -0.39 is 0 Å². The molecule has 3 heterocycles. The third-order valence-corrected chi connectivity index (χ3v) is 7.37. The normalized spacial score (nSPS) is 15.5. The lowest BCUT2D eigenvalue weighted by Gasteiger charge is -2.32. The SMILES string of the molecule is Cc1sc2ncn(CCC(=O)NC3CCN(Cc4ccc(Cl)cc4)CC3)c(=O)c2c1C. The van der Waals surface area contributed by atoms with Gasteiger partial charge in [-0.15, -0.1) is 11.3 Å². The molecule has 6 nitrogen and oxygen atoms in total. The second-order valence-corrected chi connectivity index (χ2v) is 9.84. The van der Waals surface area contributed by atoms with E-state index in [0.717, 1.165) is 52.8 Å². The lowest BCUT2D eigenvalue weighted by molar-refractivity contribution is -0.122. The molecule has 3 aromatic rings. The third-order valence-electron chi connectivity index (χ3n) is 6.01. The van der Waals surface area contributed by atoms with Crippen LogP contribution in [0.25, 0.3) is 10.2 Å². The van der Waals surface area contributed by atoms with Crippen molar-refractivity contribution in [3.8, 4) is 0 Å². The Hall–Kier alpha value is -2.22. The average Bonchev–Trinajstić information content (AvgIpc) is 3.05. The first-order chi connectivity index (χ1) is 14.9. The molecule has 2 aromatic heterocycles. The summed E-state index contributed by atoms with van der Waals surface area (Å²) in [6.07, 6.45) is 3.70. The van der Waals surface area contributed by atoms with Gasteiger partial charge in [-0.25, -0.2) is 4.98 Å². The number of aryl methyl sites for hydroxylation is 3. The number of carbonyl (C=O) groups excluding carboxylic acids is 1. The van der Waals surface area contributed by atoms with E-state index in [2.05, 4.69) is 27.3 Å². The summed E-state index contributed by atoms with van der Waals surface area (Å²) in [5, 5.41) is 4.57.